The summed E-state index contributed by atoms with van der Waals surface area (Å²) in [6, 6.07) is 8.08. The molecule has 0 fully saturated rings. The van der Waals surface area contributed by atoms with Crippen molar-refractivity contribution in [1.82, 2.24) is 19.8 Å². The summed E-state index contributed by atoms with van der Waals surface area (Å²) >= 11 is 1.30. The van der Waals surface area contributed by atoms with Crippen molar-refractivity contribution in [3.05, 3.63) is 35.7 Å². The predicted molar refractivity (Wildman–Crippen MR) is 82.5 cm³/mol. The van der Waals surface area contributed by atoms with Gasteiger partial charge in [0.25, 0.3) is 0 Å². The SMILES string of the molecule is CC(C)(C)c1cccc(OCc2nnc3sc(N)nn23)c1. The van der Waals surface area contributed by atoms with Gasteiger partial charge in [0.2, 0.25) is 10.1 Å². The first kappa shape index (κ1) is 13.8. The van der Waals surface area contributed by atoms with Crippen molar-refractivity contribution in [2.24, 2.45) is 0 Å². The van der Waals surface area contributed by atoms with Crippen LogP contribution in [-0.4, -0.2) is 19.8 Å². The monoisotopic (exact) mass is 303 g/mol. The molecule has 0 aliphatic carbocycles. The average Bonchev–Trinajstić information content (AvgIpc) is 2.95. The molecule has 2 aromatic heterocycles. The Balaban J connectivity index is 1.78. The van der Waals surface area contributed by atoms with Gasteiger partial charge in [-0.15, -0.1) is 15.3 Å². The summed E-state index contributed by atoms with van der Waals surface area (Å²) in [6.07, 6.45) is 0. The smallest absolute Gasteiger partial charge is 0.236 e. The topological polar surface area (TPSA) is 78.3 Å². The number of nitrogens with zero attached hydrogens (tertiary/aromatic N) is 4. The van der Waals surface area contributed by atoms with E-state index in [1.54, 1.807) is 4.52 Å². The van der Waals surface area contributed by atoms with Gasteiger partial charge in [-0.1, -0.05) is 44.2 Å². The van der Waals surface area contributed by atoms with Crippen molar-refractivity contribution in [1.29, 1.82) is 0 Å². The molecule has 6 nitrogen and oxygen atoms in total. The summed E-state index contributed by atoms with van der Waals surface area (Å²) < 4.78 is 7.42. The molecular weight excluding hydrogens is 286 g/mol. The fourth-order valence-corrected chi connectivity index (χ4v) is 2.59. The Morgan fingerprint density at radius 2 is 2.10 bits per heavy atom. The molecule has 2 heterocycles. The Kier molecular flexibility index (Phi) is 3.29. The van der Waals surface area contributed by atoms with Gasteiger partial charge in [0.05, 0.1) is 0 Å². The molecular formula is C14H17N5OS. The second-order valence-corrected chi connectivity index (χ2v) is 6.80. The molecule has 0 aliphatic heterocycles. The molecule has 1 aromatic carbocycles. The minimum absolute atomic E-state index is 0.0882. The molecule has 0 bridgehead atoms. The zero-order valence-corrected chi connectivity index (χ0v) is 13.0. The zero-order valence-electron chi connectivity index (χ0n) is 12.2. The molecule has 2 N–H and O–H groups in total. The third kappa shape index (κ3) is 2.82. The molecule has 0 saturated heterocycles. The highest BCUT2D eigenvalue weighted by Crippen LogP contribution is 2.26. The lowest BCUT2D eigenvalue weighted by Gasteiger charge is -2.19. The van der Waals surface area contributed by atoms with Crippen LogP contribution in [0.5, 0.6) is 5.75 Å². The van der Waals surface area contributed by atoms with Crippen LogP contribution in [0.2, 0.25) is 0 Å². The fourth-order valence-electron chi connectivity index (χ4n) is 1.96. The van der Waals surface area contributed by atoms with Gasteiger partial charge in [-0.25, -0.2) is 0 Å². The number of rotatable bonds is 3. The Morgan fingerprint density at radius 3 is 2.86 bits per heavy atom. The molecule has 0 unspecified atom stereocenters. The third-order valence-electron chi connectivity index (χ3n) is 3.14. The number of benzene rings is 1. The van der Waals surface area contributed by atoms with Crippen LogP contribution in [0.25, 0.3) is 4.96 Å². The van der Waals surface area contributed by atoms with E-state index in [1.165, 1.54) is 16.9 Å². The minimum Gasteiger partial charge on any atom is -0.486 e. The second kappa shape index (κ2) is 5.00. The van der Waals surface area contributed by atoms with Crippen molar-refractivity contribution in [2.75, 3.05) is 5.73 Å². The van der Waals surface area contributed by atoms with E-state index in [-0.39, 0.29) is 5.41 Å². The number of hydrogen-bond donors (Lipinski definition) is 1. The van der Waals surface area contributed by atoms with Crippen LogP contribution in [-0.2, 0) is 12.0 Å². The highest BCUT2D eigenvalue weighted by molar-refractivity contribution is 7.20. The fraction of sp³-hybridized carbons (Fsp3) is 0.357. The first-order chi connectivity index (χ1) is 9.93. The van der Waals surface area contributed by atoms with Gasteiger partial charge in [0, 0.05) is 0 Å². The molecule has 0 radical (unpaired) electrons. The molecule has 0 atom stereocenters. The van der Waals surface area contributed by atoms with Crippen molar-refractivity contribution in [2.45, 2.75) is 32.8 Å². The minimum atomic E-state index is 0.0882. The lowest BCUT2D eigenvalue weighted by molar-refractivity contribution is 0.292. The Hall–Kier alpha value is -2.15. The summed E-state index contributed by atoms with van der Waals surface area (Å²) in [7, 11) is 0. The standard InChI is InChI=1S/C14H17N5OS/c1-14(2,3)9-5-4-6-10(7-9)20-8-11-16-17-13-19(11)18-12(15)21-13/h4-7H,8H2,1-3H3,(H2,15,18). The van der Waals surface area contributed by atoms with E-state index in [1.807, 2.05) is 18.2 Å². The van der Waals surface area contributed by atoms with Crippen LogP contribution >= 0.6 is 11.3 Å². The van der Waals surface area contributed by atoms with E-state index in [2.05, 4.69) is 42.1 Å². The number of fused-ring (bicyclic) bond motifs is 1. The highest BCUT2D eigenvalue weighted by atomic mass is 32.1. The van der Waals surface area contributed by atoms with E-state index in [0.717, 1.165) is 5.75 Å². The van der Waals surface area contributed by atoms with Gasteiger partial charge >= 0.3 is 0 Å². The Labute approximate surface area is 126 Å². The maximum atomic E-state index is 5.80. The summed E-state index contributed by atoms with van der Waals surface area (Å²) in [4.78, 5) is 0.676. The van der Waals surface area contributed by atoms with Gasteiger partial charge in [-0.05, 0) is 23.1 Å². The van der Waals surface area contributed by atoms with Crippen LogP contribution in [0.1, 0.15) is 32.2 Å². The number of anilines is 1. The van der Waals surface area contributed by atoms with Crippen molar-refractivity contribution in [3.8, 4) is 5.75 Å². The summed E-state index contributed by atoms with van der Waals surface area (Å²) in [5.41, 5.74) is 6.97. The van der Waals surface area contributed by atoms with Gasteiger partial charge in [0.15, 0.2) is 5.82 Å². The van der Waals surface area contributed by atoms with Crippen LogP contribution in [0.3, 0.4) is 0 Å². The normalized spacial score (nSPS) is 12.0. The third-order valence-corrected chi connectivity index (χ3v) is 3.87. The Bertz CT molecular complexity index is 771. The van der Waals surface area contributed by atoms with Crippen LogP contribution in [0.15, 0.2) is 24.3 Å². The van der Waals surface area contributed by atoms with E-state index >= 15 is 0 Å². The van der Waals surface area contributed by atoms with E-state index in [0.29, 0.717) is 22.5 Å². The highest BCUT2D eigenvalue weighted by Gasteiger charge is 2.15. The lowest BCUT2D eigenvalue weighted by atomic mass is 9.87. The van der Waals surface area contributed by atoms with Gasteiger partial charge < -0.3 is 10.5 Å². The summed E-state index contributed by atoms with van der Waals surface area (Å²) in [5.74, 6) is 1.45. The maximum absolute atomic E-state index is 5.80. The number of nitrogen functional groups attached to an aromatic ring is 1. The number of ether oxygens (including phenoxy) is 1. The molecule has 110 valence electrons. The predicted octanol–water partition coefficient (Wildman–Crippen LogP) is 2.64. The second-order valence-electron chi connectivity index (χ2n) is 5.82. The van der Waals surface area contributed by atoms with Crippen LogP contribution < -0.4 is 10.5 Å². The molecule has 0 aliphatic rings. The molecule has 3 aromatic rings. The first-order valence-corrected chi connectivity index (χ1v) is 7.45. The Morgan fingerprint density at radius 1 is 1.29 bits per heavy atom. The molecule has 0 saturated carbocycles. The van der Waals surface area contributed by atoms with Crippen molar-refractivity contribution < 1.29 is 4.74 Å². The largest absolute Gasteiger partial charge is 0.486 e. The van der Waals surface area contributed by atoms with E-state index in [4.69, 9.17) is 10.5 Å². The van der Waals surface area contributed by atoms with Crippen molar-refractivity contribution in [3.63, 3.8) is 0 Å². The molecule has 0 spiro atoms. The quantitative estimate of drug-likeness (QED) is 0.804. The summed E-state index contributed by atoms with van der Waals surface area (Å²) in [6.45, 7) is 6.82. The van der Waals surface area contributed by atoms with Crippen molar-refractivity contribution >= 4 is 21.4 Å². The number of aromatic nitrogens is 4. The number of hydrogen-bond acceptors (Lipinski definition) is 6. The van der Waals surface area contributed by atoms with Crippen LogP contribution in [0, 0.1) is 0 Å². The molecule has 7 heteroatoms. The van der Waals surface area contributed by atoms with Gasteiger partial charge in [-0.3, -0.25) is 0 Å². The molecule has 3 rings (SSSR count). The van der Waals surface area contributed by atoms with Gasteiger partial charge in [-0.2, -0.15) is 4.52 Å². The molecule has 0 amide bonds. The maximum Gasteiger partial charge on any atom is 0.236 e. The number of nitrogens with two attached hydrogens (primary N) is 1. The zero-order chi connectivity index (χ0) is 15.0. The average molecular weight is 303 g/mol. The summed E-state index contributed by atoms with van der Waals surface area (Å²) in [5, 5.41) is 12.7. The first-order valence-electron chi connectivity index (χ1n) is 6.63. The van der Waals surface area contributed by atoms with Crippen LogP contribution in [0.4, 0.5) is 5.13 Å². The lowest BCUT2D eigenvalue weighted by Crippen LogP contribution is -2.11. The van der Waals surface area contributed by atoms with Gasteiger partial charge in [0.1, 0.15) is 12.4 Å². The van der Waals surface area contributed by atoms with E-state index < -0.39 is 0 Å². The van der Waals surface area contributed by atoms with E-state index in [9.17, 15) is 0 Å². The molecule has 21 heavy (non-hydrogen) atoms.